The summed E-state index contributed by atoms with van der Waals surface area (Å²) in [5.41, 5.74) is 1.21. The minimum absolute atomic E-state index is 0.0610. The topological polar surface area (TPSA) is 87.7 Å². The molecule has 0 saturated carbocycles. The largest absolute Gasteiger partial charge is 0.495 e. The smallest absolute Gasteiger partial charge is 0.243 e. The molecule has 0 unspecified atom stereocenters. The van der Waals surface area contributed by atoms with Gasteiger partial charge in [-0.1, -0.05) is 19.9 Å². The monoisotopic (exact) mass is 423 g/mol. The minimum Gasteiger partial charge on any atom is -0.495 e. The van der Waals surface area contributed by atoms with Crippen LogP contribution in [0.4, 0.5) is 15.8 Å². The van der Waals surface area contributed by atoms with Crippen molar-refractivity contribution < 1.29 is 22.3 Å². The van der Waals surface area contributed by atoms with Crippen molar-refractivity contribution in [3.05, 3.63) is 47.8 Å². The van der Waals surface area contributed by atoms with Crippen molar-refractivity contribution in [1.29, 1.82) is 0 Å². The summed E-state index contributed by atoms with van der Waals surface area (Å²) >= 11 is 0. The molecule has 2 aromatic rings. The lowest BCUT2D eigenvalue weighted by atomic mass is 10.2. The number of nitrogens with zero attached hydrogens (tertiary/aromatic N) is 1. The van der Waals surface area contributed by atoms with Crippen molar-refractivity contribution in [2.75, 3.05) is 37.4 Å². The Labute approximate surface area is 170 Å². The number of carbonyl (C=O) groups is 1. The molecule has 1 amide bonds. The van der Waals surface area contributed by atoms with Gasteiger partial charge in [0.05, 0.1) is 24.2 Å². The van der Waals surface area contributed by atoms with Gasteiger partial charge in [-0.15, -0.1) is 0 Å². The van der Waals surface area contributed by atoms with Gasteiger partial charge in [0.15, 0.2) is 0 Å². The number of ether oxygens (including phenoxy) is 1. The SMILES string of the molecule is CCN(CC)S(=O)(=O)c1ccc(OC)c(NC(=O)CNc2ccc(C)c(F)c2)c1. The number of nitrogens with one attached hydrogen (secondary N) is 2. The van der Waals surface area contributed by atoms with Gasteiger partial charge in [-0.25, -0.2) is 12.8 Å². The van der Waals surface area contributed by atoms with Crippen LogP contribution in [0.15, 0.2) is 41.3 Å². The number of benzene rings is 2. The maximum Gasteiger partial charge on any atom is 0.243 e. The molecule has 0 aliphatic rings. The Balaban J connectivity index is 2.18. The van der Waals surface area contributed by atoms with Gasteiger partial charge in [-0.05, 0) is 42.8 Å². The van der Waals surface area contributed by atoms with Gasteiger partial charge in [0.1, 0.15) is 11.6 Å². The van der Waals surface area contributed by atoms with Crippen LogP contribution in [-0.4, -0.2) is 45.4 Å². The molecule has 0 spiro atoms. The van der Waals surface area contributed by atoms with Gasteiger partial charge in [-0.3, -0.25) is 4.79 Å². The second-order valence-electron chi connectivity index (χ2n) is 6.32. The van der Waals surface area contributed by atoms with Crippen molar-refractivity contribution in [3.8, 4) is 5.75 Å². The Morgan fingerprint density at radius 3 is 2.41 bits per heavy atom. The summed E-state index contributed by atoms with van der Waals surface area (Å²) in [4.78, 5) is 12.4. The van der Waals surface area contributed by atoms with E-state index in [0.717, 1.165) is 0 Å². The van der Waals surface area contributed by atoms with Crippen molar-refractivity contribution in [3.63, 3.8) is 0 Å². The Morgan fingerprint density at radius 2 is 1.83 bits per heavy atom. The van der Waals surface area contributed by atoms with E-state index < -0.39 is 15.9 Å². The van der Waals surface area contributed by atoms with E-state index in [1.54, 1.807) is 32.9 Å². The van der Waals surface area contributed by atoms with Crippen LogP contribution in [-0.2, 0) is 14.8 Å². The van der Waals surface area contributed by atoms with E-state index >= 15 is 0 Å². The van der Waals surface area contributed by atoms with Gasteiger partial charge >= 0.3 is 0 Å². The maximum absolute atomic E-state index is 13.6. The summed E-state index contributed by atoms with van der Waals surface area (Å²) in [6.45, 7) is 5.71. The zero-order chi connectivity index (χ0) is 21.6. The second-order valence-corrected chi connectivity index (χ2v) is 8.26. The van der Waals surface area contributed by atoms with Crippen LogP contribution in [0.2, 0.25) is 0 Å². The normalized spacial score (nSPS) is 11.4. The van der Waals surface area contributed by atoms with Crippen LogP contribution in [0.1, 0.15) is 19.4 Å². The Kier molecular flexibility index (Phi) is 7.58. The molecule has 158 valence electrons. The first-order valence-electron chi connectivity index (χ1n) is 9.21. The van der Waals surface area contributed by atoms with Crippen LogP contribution < -0.4 is 15.4 Å². The van der Waals surface area contributed by atoms with Crippen molar-refractivity contribution in [2.45, 2.75) is 25.7 Å². The van der Waals surface area contributed by atoms with Gasteiger partial charge in [0, 0.05) is 18.8 Å². The average molecular weight is 424 g/mol. The highest BCUT2D eigenvalue weighted by Gasteiger charge is 2.23. The van der Waals surface area contributed by atoms with Gasteiger partial charge < -0.3 is 15.4 Å². The Hall–Kier alpha value is -2.65. The highest BCUT2D eigenvalue weighted by molar-refractivity contribution is 7.89. The fourth-order valence-electron chi connectivity index (χ4n) is 2.74. The summed E-state index contributed by atoms with van der Waals surface area (Å²) in [7, 11) is -2.25. The molecular weight excluding hydrogens is 397 g/mol. The number of methoxy groups -OCH3 is 1. The molecule has 0 bridgehead atoms. The van der Waals surface area contributed by atoms with Gasteiger partial charge in [0.25, 0.3) is 0 Å². The predicted octanol–water partition coefficient (Wildman–Crippen LogP) is 3.22. The van der Waals surface area contributed by atoms with Crippen LogP contribution in [0.25, 0.3) is 0 Å². The first-order valence-corrected chi connectivity index (χ1v) is 10.6. The van der Waals surface area contributed by atoms with Crippen LogP contribution in [0, 0.1) is 12.7 Å². The molecule has 9 heteroatoms. The lowest BCUT2D eigenvalue weighted by Crippen LogP contribution is -2.30. The number of amides is 1. The standard InChI is InChI=1S/C20H26FN3O4S/c1-5-24(6-2)29(26,27)16-9-10-19(28-4)18(12-16)23-20(25)13-22-15-8-7-14(3)17(21)11-15/h7-12,22H,5-6,13H2,1-4H3,(H,23,25). The Morgan fingerprint density at radius 1 is 1.14 bits per heavy atom. The van der Waals surface area contributed by atoms with E-state index in [1.807, 2.05) is 0 Å². The quantitative estimate of drug-likeness (QED) is 0.647. The van der Waals surface area contributed by atoms with E-state index in [9.17, 15) is 17.6 Å². The number of anilines is 2. The van der Waals surface area contributed by atoms with E-state index in [1.165, 1.54) is 35.7 Å². The summed E-state index contributed by atoms with van der Waals surface area (Å²) < 4.78 is 45.6. The maximum atomic E-state index is 13.6. The zero-order valence-electron chi connectivity index (χ0n) is 17.0. The number of sulfonamides is 1. The third-order valence-corrected chi connectivity index (χ3v) is 6.46. The third kappa shape index (κ3) is 5.45. The molecule has 7 nitrogen and oxygen atoms in total. The molecular formula is C20H26FN3O4S. The van der Waals surface area contributed by atoms with E-state index in [2.05, 4.69) is 10.6 Å². The molecule has 2 aromatic carbocycles. The summed E-state index contributed by atoms with van der Waals surface area (Å²) in [6, 6.07) is 8.89. The molecule has 0 aliphatic carbocycles. The molecule has 29 heavy (non-hydrogen) atoms. The lowest BCUT2D eigenvalue weighted by Gasteiger charge is -2.19. The number of halogens is 1. The molecule has 0 aliphatic heterocycles. The molecule has 0 saturated heterocycles. The fraction of sp³-hybridized carbons (Fsp3) is 0.350. The van der Waals surface area contributed by atoms with Crippen molar-refractivity contribution in [1.82, 2.24) is 4.31 Å². The van der Waals surface area contributed by atoms with Crippen LogP contribution >= 0.6 is 0 Å². The summed E-state index contributed by atoms with van der Waals surface area (Å²) in [5, 5.41) is 5.47. The molecule has 0 radical (unpaired) electrons. The van der Waals surface area contributed by atoms with E-state index in [0.29, 0.717) is 30.1 Å². The number of rotatable bonds is 9. The molecule has 0 atom stereocenters. The molecule has 0 fully saturated rings. The van der Waals surface area contributed by atoms with E-state index in [4.69, 9.17) is 4.74 Å². The van der Waals surface area contributed by atoms with Crippen molar-refractivity contribution in [2.24, 2.45) is 0 Å². The molecule has 2 N–H and O–H groups in total. The van der Waals surface area contributed by atoms with Gasteiger partial charge in [0.2, 0.25) is 15.9 Å². The van der Waals surface area contributed by atoms with Crippen LogP contribution in [0.5, 0.6) is 5.75 Å². The summed E-state index contributed by atoms with van der Waals surface area (Å²) in [5.74, 6) is -0.466. The third-order valence-electron chi connectivity index (χ3n) is 4.41. The first kappa shape index (κ1) is 22.6. The zero-order valence-corrected chi connectivity index (χ0v) is 17.8. The fourth-order valence-corrected chi connectivity index (χ4v) is 4.22. The molecule has 0 aromatic heterocycles. The molecule has 0 heterocycles. The van der Waals surface area contributed by atoms with E-state index in [-0.39, 0.29) is 22.9 Å². The predicted molar refractivity (Wildman–Crippen MR) is 111 cm³/mol. The van der Waals surface area contributed by atoms with Crippen molar-refractivity contribution >= 4 is 27.3 Å². The second kappa shape index (κ2) is 9.71. The van der Waals surface area contributed by atoms with Gasteiger partial charge in [-0.2, -0.15) is 4.31 Å². The summed E-state index contributed by atoms with van der Waals surface area (Å²) in [6.07, 6.45) is 0. The molecule has 2 rings (SSSR count). The number of carbonyl (C=O) groups excluding carboxylic acids is 1. The number of hydrogen-bond acceptors (Lipinski definition) is 5. The first-order chi connectivity index (χ1) is 13.7. The average Bonchev–Trinajstić information content (AvgIpc) is 2.69. The van der Waals surface area contributed by atoms with Crippen LogP contribution in [0.3, 0.4) is 0 Å². The Bertz CT molecular complexity index is 976. The highest BCUT2D eigenvalue weighted by Crippen LogP contribution is 2.29. The lowest BCUT2D eigenvalue weighted by molar-refractivity contribution is -0.114. The number of hydrogen-bond donors (Lipinski definition) is 2. The number of aryl methyl sites for hydroxylation is 1. The highest BCUT2D eigenvalue weighted by atomic mass is 32.2. The minimum atomic E-state index is -3.68.